The summed E-state index contributed by atoms with van der Waals surface area (Å²) in [5, 5.41) is 0. The van der Waals surface area contributed by atoms with Crippen molar-refractivity contribution >= 4 is 33.4 Å². The summed E-state index contributed by atoms with van der Waals surface area (Å²) in [6, 6.07) is 9.37. The standard InChI is InChI=1S/C21H20N2O5S/c1-12-4-5-14(13(2)8-12)20(25)22-21-23(7-6-19(24)26-3)15-9-16-17(28-11-27-16)10-18(15)29-21/h4-5,8-10H,6-7,11H2,1-3H3. The number of nitrogens with zero attached hydrogens (tertiary/aromatic N) is 2. The summed E-state index contributed by atoms with van der Waals surface area (Å²) in [6.07, 6.45) is 0.168. The van der Waals surface area contributed by atoms with Gasteiger partial charge in [-0.25, -0.2) is 0 Å². The van der Waals surface area contributed by atoms with E-state index in [-0.39, 0.29) is 25.1 Å². The highest BCUT2D eigenvalue weighted by Gasteiger charge is 2.19. The quantitative estimate of drug-likeness (QED) is 0.614. The topological polar surface area (TPSA) is 79.1 Å². The Morgan fingerprint density at radius 2 is 1.93 bits per heavy atom. The smallest absolute Gasteiger partial charge is 0.307 e. The normalized spacial score (nSPS) is 13.1. The van der Waals surface area contributed by atoms with Crippen molar-refractivity contribution in [2.45, 2.75) is 26.8 Å². The van der Waals surface area contributed by atoms with Crippen LogP contribution in [0, 0.1) is 13.8 Å². The lowest BCUT2D eigenvalue weighted by Gasteiger charge is -2.06. The Kier molecular flexibility index (Phi) is 5.10. The highest BCUT2D eigenvalue weighted by atomic mass is 32.1. The monoisotopic (exact) mass is 412 g/mol. The van der Waals surface area contributed by atoms with Crippen LogP contribution in [0.25, 0.3) is 10.2 Å². The maximum absolute atomic E-state index is 12.9. The van der Waals surface area contributed by atoms with Crippen LogP contribution in [0.3, 0.4) is 0 Å². The lowest BCUT2D eigenvalue weighted by Crippen LogP contribution is -2.19. The Balaban J connectivity index is 1.82. The molecule has 2 heterocycles. The molecule has 0 unspecified atom stereocenters. The molecule has 7 nitrogen and oxygen atoms in total. The minimum Gasteiger partial charge on any atom is -0.469 e. The Hall–Kier alpha value is -3.13. The molecule has 2 aromatic carbocycles. The number of hydrogen-bond acceptors (Lipinski definition) is 6. The van der Waals surface area contributed by atoms with Gasteiger partial charge in [0.2, 0.25) is 6.79 Å². The van der Waals surface area contributed by atoms with E-state index in [4.69, 9.17) is 14.2 Å². The van der Waals surface area contributed by atoms with E-state index >= 15 is 0 Å². The third kappa shape index (κ3) is 3.75. The van der Waals surface area contributed by atoms with Gasteiger partial charge in [-0.15, -0.1) is 0 Å². The van der Waals surface area contributed by atoms with Crippen molar-refractivity contribution in [3.63, 3.8) is 0 Å². The largest absolute Gasteiger partial charge is 0.469 e. The van der Waals surface area contributed by atoms with E-state index in [0.717, 1.165) is 21.3 Å². The molecule has 1 amide bonds. The number of carbonyl (C=O) groups is 2. The van der Waals surface area contributed by atoms with Crippen molar-refractivity contribution in [2.24, 2.45) is 4.99 Å². The summed E-state index contributed by atoms with van der Waals surface area (Å²) in [7, 11) is 1.35. The van der Waals surface area contributed by atoms with Crippen LogP contribution >= 0.6 is 11.3 Å². The first kappa shape index (κ1) is 19.2. The Bertz CT molecular complexity index is 1190. The molecule has 0 saturated carbocycles. The predicted molar refractivity (Wildman–Crippen MR) is 108 cm³/mol. The predicted octanol–water partition coefficient (Wildman–Crippen LogP) is 3.35. The lowest BCUT2D eigenvalue weighted by atomic mass is 10.1. The zero-order chi connectivity index (χ0) is 20.5. The second-order valence-corrected chi connectivity index (χ2v) is 7.78. The van der Waals surface area contributed by atoms with Crippen molar-refractivity contribution < 1.29 is 23.8 Å². The fourth-order valence-corrected chi connectivity index (χ4v) is 4.33. The second-order valence-electron chi connectivity index (χ2n) is 6.77. The molecular formula is C21H20N2O5S. The van der Waals surface area contributed by atoms with Crippen LogP contribution in [0.2, 0.25) is 0 Å². The maximum Gasteiger partial charge on any atom is 0.307 e. The summed E-state index contributed by atoms with van der Waals surface area (Å²) in [4.78, 5) is 29.4. The molecule has 1 aliphatic rings. The van der Waals surface area contributed by atoms with E-state index in [1.807, 2.05) is 42.7 Å². The lowest BCUT2D eigenvalue weighted by molar-refractivity contribution is -0.140. The highest BCUT2D eigenvalue weighted by Crippen LogP contribution is 2.37. The minimum atomic E-state index is -0.329. The first-order valence-electron chi connectivity index (χ1n) is 9.12. The fraction of sp³-hybridized carbons (Fsp3) is 0.286. The zero-order valence-electron chi connectivity index (χ0n) is 16.4. The number of amides is 1. The molecule has 0 N–H and O–H groups in total. The number of carbonyl (C=O) groups excluding carboxylic acids is 2. The van der Waals surface area contributed by atoms with Crippen LogP contribution in [0.1, 0.15) is 27.9 Å². The Morgan fingerprint density at radius 1 is 1.17 bits per heavy atom. The molecule has 3 aromatic rings. The van der Waals surface area contributed by atoms with E-state index in [1.54, 1.807) is 6.07 Å². The van der Waals surface area contributed by atoms with Gasteiger partial charge in [0.1, 0.15) is 0 Å². The molecule has 0 fully saturated rings. The summed E-state index contributed by atoms with van der Waals surface area (Å²) >= 11 is 1.37. The Morgan fingerprint density at radius 3 is 2.66 bits per heavy atom. The molecule has 8 heteroatoms. The average molecular weight is 412 g/mol. The SMILES string of the molecule is COC(=O)CCn1c(=NC(=O)c2ccc(C)cc2C)sc2cc3c(cc21)OCO3. The number of ether oxygens (including phenoxy) is 3. The average Bonchev–Trinajstić information content (AvgIpc) is 3.27. The van der Waals surface area contributed by atoms with Crippen LogP contribution in [0.5, 0.6) is 11.5 Å². The number of esters is 1. The first-order valence-corrected chi connectivity index (χ1v) is 9.94. The van der Waals surface area contributed by atoms with Crippen molar-refractivity contribution in [3.8, 4) is 11.5 Å². The van der Waals surface area contributed by atoms with Gasteiger partial charge in [0.25, 0.3) is 5.91 Å². The van der Waals surface area contributed by atoms with Gasteiger partial charge < -0.3 is 18.8 Å². The van der Waals surface area contributed by atoms with Crippen LogP contribution in [-0.4, -0.2) is 30.3 Å². The highest BCUT2D eigenvalue weighted by molar-refractivity contribution is 7.16. The van der Waals surface area contributed by atoms with E-state index in [2.05, 4.69) is 4.99 Å². The van der Waals surface area contributed by atoms with Crippen LogP contribution in [-0.2, 0) is 16.1 Å². The van der Waals surface area contributed by atoms with Crippen LogP contribution < -0.4 is 14.3 Å². The van der Waals surface area contributed by atoms with Crippen molar-refractivity contribution in [1.82, 2.24) is 4.57 Å². The number of methoxy groups -OCH3 is 1. The van der Waals surface area contributed by atoms with E-state index in [0.29, 0.717) is 28.4 Å². The second kappa shape index (κ2) is 7.71. The van der Waals surface area contributed by atoms with Crippen molar-refractivity contribution in [3.05, 3.63) is 51.8 Å². The fourth-order valence-electron chi connectivity index (χ4n) is 3.27. The number of rotatable bonds is 4. The molecule has 1 aliphatic heterocycles. The van der Waals surface area contributed by atoms with Crippen molar-refractivity contribution in [1.29, 1.82) is 0 Å². The molecule has 4 rings (SSSR count). The number of aromatic nitrogens is 1. The van der Waals surface area contributed by atoms with Crippen LogP contribution in [0.4, 0.5) is 0 Å². The van der Waals surface area contributed by atoms with E-state index in [9.17, 15) is 9.59 Å². The number of benzene rings is 2. The summed E-state index contributed by atoms with van der Waals surface area (Å²) in [5.41, 5.74) is 3.35. The molecular weight excluding hydrogens is 392 g/mol. The van der Waals surface area contributed by atoms with E-state index < -0.39 is 0 Å². The molecule has 0 radical (unpaired) electrons. The summed E-state index contributed by atoms with van der Waals surface area (Å²) < 4.78 is 18.4. The zero-order valence-corrected chi connectivity index (χ0v) is 17.2. The van der Waals surface area contributed by atoms with Crippen molar-refractivity contribution in [2.75, 3.05) is 13.9 Å². The minimum absolute atomic E-state index is 0.168. The summed E-state index contributed by atoms with van der Waals surface area (Å²) in [5.74, 6) is 0.644. The third-order valence-electron chi connectivity index (χ3n) is 4.75. The number of thiazole rings is 1. The molecule has 1 aromatic heterocycles. The Labute approximate surface area is 171 Å². The van der Waals surface area contributed by atoms with Gasteiger partial charge in [0, 0.05) is 24.2 Å². The third-order valence-corrected chi connectivity index (χ3v) is 5.79. The molecule has 0 saturated heterocycles. The molecule has 0 spiro atoms. The number of fused-ring (bicyclic) bond motifs is 2. The van der Waals surface area contributed by atoms with Gasteiger partial charge in [0.05, 0.1) is 23.7 Å². The van der Waals surface area contributed by atoms with Gasteiger partial charge in [-0.1, -0.05) is 29.0 Å². The van der Waals surface area contributed by atoms with Gasteiger partial charge in [-0.2, -0.15) is 4.99 Å². The van der Waals surface area contributed by atoms with Gasteiger partial charge in [0.15, 0.2) is 16.3 Å². The van der Waals surface area contributed by atoms with Gasteiger partial charge >= 0.3 is 5.97 Å². The first-order chi connectivity index (χ1) is 14.0. The van der Waals surface area contributed by atoms with Gasteiger partial charge in [-0.05, 0) is 25.5 Å². The van der Waals surface area contributed by atoms with E-state index in [1.165, 1.54) is 18.4 Å². The molecule has 29 heavy (non-hydrogen) atoms. The maximum atomic E-state index is 12.9. The number of hydrogen-bond donors (Lipinski definition) is 0. The molecule has 0 aliphatic carbocycles. The molecule has 0 bridgehead atoms. The molecule has 0 atom stereocenters. The number of aryl methyl sites for hydroxylation is 3. The van der Waals surface area contributed by atoms with Crippen LogP contribution in [0.15, 0.2) is 35.3 Å². The summed E-state index contributed by atoms with van der Waals surface area (Å²) in [6.45, 7) is 4.39. The van der Waals surface area contributed by atoms with Gasteiger partial charge in [-0.3, -0.25) is 9.59 Å². The molecule has 150 valence electrons.